The van der Waals surface area contributed by atoms with Gasteiger partial charge in [-0.05, 0) is 6.92 Å². The van der Waals surface area contributed by atoms with Gasteiger partial charge in [0.2, 0.25) is 0 Å². The number of aromatic nitrogens is 1. The number of nitrogens with zero attached hydrogens (tertiary/aromatic N) is 1. The third kappa shape index (κ3) is 3.18. The third-order valence-electron chi connectivity index (χ3n) is 2.86. The van der Waals surface area contributed by atoms with Crippen LogP contribution in [0.1, 0.15) is 35.3 Å². The summed E-state index contributed by atoms with van der Waals surface area (Å²) in [6.45, 7) is 3.58. The second-order valence-corrected chi connectivity index (χ2v) is 4.95. The molecule has 0 unspecified atom stereocenters. The highest BCUT2D eigenvalue weighted by Gasteiger charge is 2.38. The van der Waals surface area contributed by atoms with Crippen molar-refractivity contribution in [2.24, 2.45) is 0 Å². The van der Waals surface area contributed by atoms with E-state index in [1.54, 1.807) is 12.3 Å². The molecule has 1 aromatic rings. The van der Waals surface area contributed by atoms with Crippen LogP contribution in [0.25, 0.3) is 0 Å². The van der Waals surface area contributed by atoms with Crippen LogP contribution < -0.4 is 17.7 Å². The Morgan fingerprint density at radius 2 is 2.28 bits per heavy atom. The summed E-state index contributed by atoms with van der Waals surface area (Å²) >= 11 is 1.21. The van der Waals surface area contributed by atoms with Gasteiger partial charge in [0, 0.05) is 18.2 Å². The van der Waals surface area contributed by atoms with E-state index >= 15 is 0 Å². The van der Waals surface area contributed by atoms with Crippen molar-refractivity contribution in [2.75, 3.05) is 19.7 Å². The molecule has 1 saturated heterocycles. The van der Waals surface area contributed by atoms with Crippen LogP contribution in [-0.2, 0) is 10.4 Å². The molecule has 1 fully saturated rings. The number of hydrogen-bond acceptors (Lipinski definition) is 4. The van der Waals surface area contributed by atoms with Gasteiger partial charge in [0.05, 0.1) is 19.7 Å². The topological polar surface area (TPSA) is 55.8 Å². The first-order valence-electron chi connectivity index (χ1n) is 5.79. The van der Waals surface area contributed by atoms with Gasteiger partial charge in [-0.2, -0.15) is 0 Å². The zero-order valence-electron chi connectivity index (χ0n) is 10.1. The molecule has 102 valence electrons. The number of carbonyl (C=O) groups is 1. The molecule has 0 aromatic carbocycles. The molecule has 0 saturated carbocycles. The van der Waals surface area contributed by atoms with Gasteiger partial charge in [0.15, 0.2) is 11.4 Å². The van der Waals surface area contributed by atoms with Crippen LogP contribution in [0, 0.1) is 0 Å². The number of rotatable bonds is 3. The summed E-state index contributed by atoms with van der Waals surface area (Å²) in [5.41, 5.74) is -1.14. The Morgan fingerprint density at radius 1 is 1.61 bits per heavy atom. The van der Waals surface area contributed by atoms with Crippen LogP contribution in [0.5, 0.6) is 0 Å². The van der Waals surface area contributed by atoms with Crippen LogP contribution in [-0.4, -0.2) is 30.6 Å². The van der Waals surface area contributed by atoms with E-state index in [9.17, 15) is 9.18 Å². The summed E-state index contributed by atoms with van der Waals surface area (Å²) in [6, 6.07) is 0. The number of alkyl halides is 1. The van der Waals surface area contributed by atoms with Crippen molar-refractivity contribution in [1.29, 1.82) is 0 Å². The molecule has 4 nitrogen and oxygen atoms in total. The van der Waals surface area contributed by atoms with Crippen LogP contribution in [0.2, 0.25) is 0 Å². The Hall–Kier alpha value is -0.720. The first-order chi connectivity index (χ1) is 8.15. The van der Waals surface area contributed by atoms with Gasteiger partial charge in [-0.3, -0.25) is 0 Å². The maximum atomic E-state index is 14.5. The van der Waals surface area contributed by atoms with Crippen molar-refractivity contribution in [2.45, 2.75) is 25.4 Å². The largest absolute Gasteiger partial charge is 1.00 e. The minimum atomic E-state index is -1.36. The predicted octanol–water partition coefficient (Wildman–Crippen LogP) is -2.15. The average molecular weight is 295 g/mol. The highest BCUT2D eigenvalue weighted by molar-refractivity contribution is 7.10. The van der Waals surface area contributed by atoms with Crippen LogP contribution >= 0.6 is 11.3 Å². The smallest absolute Gasteiger partial charge is 0.357 e. The summed E-state index contributed by atoms with van der Waals surface area (Å²) in [5.74, 6) is -0.471. The van der Waals surface area contributed by atoms with Crippen molar-refractivity contribution >= 4 is 17.3 Å². The monoisotopic (exact) mass is 294 g/mol. The number of halogens is 2. The highest BCUT2D eigenvalue weighted by Crippen LogP contribution is 2.35. The number of carbonyl (C=O) groups excluding carboxylic acids is 1. The molecule has 1 aliphatic heterocycles. The quantitative estimate of drug-likeness (QED) is 0.647. The SMILES string of the molecule is CCOC(=O)c1csc(C2(F)CC[NH2+]CC2)n1.[Cl-]. The number of esters is 1. The molecule has 0 bridgehead atoms. The molecule has 2 N–H and O–H groups in total. The lowest BCUT2D eigenvalue weighted by Crippen LogP contribution is -3.00. The minimum absolute atomic E-state index is 0. The van der Waals surface area contributed by atoms with Crippen LogP contribution in [0.15, 0.2) is 5.38 Å². The first-order valence-corrected chi connectivity index (χ1v) is 6.67. The lowest BCUT2D eigenvalue weighted by atomic mass is 9.95. The molecule has 7 heteroatoms. The Bertz CT molecular complexity index is 408. The molecule has 0 amide bonds. The van der Waals surface area contributed by atoms with Crippen molar-refractivity contribution in [3.63, 3.8) is 0 Å². The number of thiazole rings is 1. The van der Waals surface area contributed by atoms with E-state index in [1.807, 2.05) is 0 Å². The fraction of sp³-hybridized carbons (Fsp3) is 0.636. The molecule has 0 aliphatic carbocycles. The maximum absolute atomic E-state index is 14.5. The number of quaternary nitrogens is 1. The fourth-order valence-corrected chi connectivity index (χ4v) is 2.86. The molecule has 2 rings (SSSR count). The molecule has 0 atom stereocenters. The van der Waals surface area contributed by atoms with E-state index in [0.29, 0.717) is 24.5 Å². The van der Waals surface area contributed by atoms with E-state index in [2.05, 4.69) is 10.3 Å². The van der Waals surface area contributed by atoms with Crippen LogP contribution in [0.4, 0.5) is 4.39 Å². The standard InChI is InChI=1S/C11H15FN2O2S.ClH/c1-2-16-9(15)8-7-17-10(14-8)11(12)3-5-13-6-4-11;/h7,13H,2-6H2,1H3;1H. The highest BCUT2D eigenvalue weighted by atomic mass is 35.5. The fourth-order valence-electron chi connectivity index (χ4n) is 1.92. The lowest BCUT2D eigenvalue weighted by Gasteiger charge is -2.25. The van der Waals surface area contributed by atoms with Gasteiger partial charge in [0.25, 0.3) is 0 Å². The summed E-state index contributed by atoms with van der Waals surface area (Å²) in [5, 5.41) is 4.08. The normalized spacial score (nSPS) is 17.9. The first kappa shape index (κ1) is 15.3. The van der Waals surface area contributed by atoms with E-state index in [1.165, 1.54) is 11.3 Å². The Labute approximate surface area is 115 Å². The van der Waals surface area contributed by atoms with Crippen molar-refractivity contribution in [1.82, 2.24) is 4.98 Å². The minimum Gasteiger partial charge on any atom is -1.00 e. The Kier molecular flexibility index (Phi) is 5.49. The second kappa shape index (κ2) is 6.45. The molecular weight excluding hydrogens is 279 g/mol. The summed E-state index contributed by atoms with van der Waals surface area (Å²) in [6.07, 6.45) is 0.922. The van der Waals surface area contributed by atoms with E-state index in [0.717, 1.165) is 13.1 Å². The molecule has 18 heavy (non-hydrogen) atoms. The third-order valence-corrected chi connectivity index (χ3v) is 3.88. The number of piperidine rings is 1. The van der Waals surface area contributed by atoms with Crippen molar-refractivity contribution in [3.05, 3.63) is 16.1 Å². The molecule has 2 heterocycles. The van der Waals surface area contributed by atoms with Gasteiger partial charge in [-0.15, -0.1) is 11.3 Å². The number of hydrogen-bond donors (Lipinski definition) is 1. The summed E-state index contributed by atoms with van der Waals surface area (Å²) in [4.78, 5) is 15.5. The van der Waals surface area contributed by atoms with Gasteiger partial charge < -0.3 is 22.5 Å². The predicted molar refractivity (Wildman–Crippen MR) is 61.7 cm³/mol. The Balaban J connectivity index is 0.00000162. The van der Waals surface area contributed by atoms with E-state index in [-0.39, 0.29) is 18.1 Å². The maximum Gasteiger partial charge on any atom is 0.357 e. The summed E-state index contributed by atoms with van der Waals surface area (Å²) < 4.78 is 19.4. The Morgan fingerprint density at radius 3 is 2.89 bits per heavy atom. The molecule has 0 spiro atoms. The average Bonchev–Trinajstić information content (AvgIpc) is 2.80. The van der Waals surface area contributed by atoms with Gasteiger partial charge in [0.1, 0.15) is 5.01 Å². The molecule has 0 radical (unpaired) electrons. The van der Waals surface area contributed by atoms with E-state index in [4.69, 9.17) is 4.74 Å². The molecule has 1 aliphatic rings. The van der Waals surface area contributed by atoms with Crippen molar-refractivity contribution < 1.29 is 31.6 Å². The second-order valence-electron chi connectivity index (χ2n) is 4.09. The zero-order chi connectivity index (χ0) is 12.3. The van der Waals surface area contributed by atoms with Crippen molar-refractivity contribution in [3.8, 4) is 0 Å². The zero-order valence-corrected chi connectivity index (χ0v) is 11.7. The number of ether oxygens (including phenoxy) is 1. The van der Waals surface area contributed by atoms with Crippen LogP contribution in [0.3, 0.4) is 0 Å². The number of nitrogens with two attached hydrogens (primary N) is 1. The summed E-state index contributed by atoms with van der Waals surface area (Å²) in [7, 11) is 0. The molecular formula is C11H16ClFN2O2S. The molecule has 1 aromatic heterocycles. The van der Waals surface area contributed by atoms with E-state index < -0.39 is 11.6 Å². The lowest BCUT2D eigenvalue weighted by molar-refractivity contribution is -0.667. The van der Waals surface area contributed by atoms with Gasteiger partial charge >= 0.3 is 5.97 Å². The van der Waals surface area contributed by atoms with Gasteiger partial charge in [-0.1, -0.05) is 0 Å². The van der Waals surface area contributed by atoms with Gasteiger partial charge in [-0.25, -0.2) is 14.2 Å².